The van der Waals surface area contributed by atoms with E-state index in [1.54, 1.807) is 0 Å². The van der Waals surface area contributed by atoms with Crippen LogP contribution in [0.25, 0.3) is 11.4 Å². The normalized spacial score (nSPS) is 16.5. The standard InChI is InChI=1S/C22H22N2O4/c1-14(22-23-21(24-28-22)16-6-3-2-4-7-16)10-15-11-17-8-5-9-19(18(17)12-15)27-13-20(25)26/h2-9,14-15H,10-13H2,1H3,(H,25,26). The third-order valence-electron chi connectivity index (χ3n) is 5.16. The molecule has 28 heavy (non-hydrogen) atoms. The Balaban J connectivity index is 1.42. The molecule has 4 rings (SSSR count). The number of carboxylic acid groups (broad SMARTS) is 1. The summed E-state index contributed by atoms with van der Waals surface area (Å²) in [5.74, 6) is 1.56. The fourth-order valence-corrected chi connectivity index (χ4v) is 3.89. The Hall–Kier alpha value is -3.15. The van der Waals surface area contributed by atoms with Gasteiger partial charge in [0.05, 0.1) is 0 Å². The Morgan fingerprint density at radius 3 is 2.82 bits per heavy atom. The second-order valence-electron chi connectivity index (χ2n) is 7.31. The van der Waals surface area contributed by atoms with Crippen molar-refractivity contribution in [2.24, 2.45) is 5.92 Å². The maximum absolute atomic E-state index is 10.8. The molecule has 0 fully saturated rings. The Morgan fingerprint density at radius 1 is 1.21 bits per heavy atom. The van der Waals surface area contributed by atoms with E-state index in [0.29, 0.717) is 23.4 Å². The summed E-state index contributed by atoms with van der Waals surface area (Å²) in [5.41, 5.74) is 3.30. The molecular weight excluding hydrogens is 356 g/mol. The van der Waals surface area contributed by atoms with Crippen LogP contribution in [0.4, 0.5) is 0 Å². The average Bonchev–Trinajstić information content (AvgIpc) is 3.34. The van der Waals surface area contributed by atoms with Crippen LogP contribution in [0.15, 0.2) is 53.1 Å². The van der Waals surface area contributed by atoms with Crippen molar-refractivity contribution in [3.05, 3.63) is 65.5 Å². The molecule has 6 nitrogen and oxygen atoms in total. The summed E-state index contributed by atoms with van der Waals surface area (Å²) in [6.45, 7) is 1.79. The van der Waals surface area contributed by atoms with E-state index in [9.17, 15) is 4.79 Å². The SMILES string of the molecule is CC(CC1Cc2cccc(OCC(=O)O)c2C1)c1nc(-c2ccccc2)no1. The summed E-state index contributed by atoms with van der Waals surface area (Å²) in [5, 5.41) is 13.0. The van der Waals surface area contributed by atoms with Crippen molar-refractivity contribution in [3.63, 3.8) is 0 Å². The monoisotopic (exact) mass is 378 g/mol. The maximum Gasteiger partial charge on any atom is 0.341 e. The molecule has 0 spiro atoms. The molecule has 0 radical (unpaired) electrons. The van der Waals surface area contributed by atoms with Gasteiger partial charge in [-0.25, -0.2) is 4.79 Å². The summed E-state index contributed by atoms with van der Waals surface area (Å²) >= 11 is 0. The van der Waals surface area contributed by atoms with E-state index in [2.05, 4.69) is 23.1 Å². The van der Waals surface area contributed by atoms with Crippen molar-refractivity contribution in [2.45, 2.75) is 32.1 Å². The Labute approximate surface area is 163 Å². The fraction of sp³-hybridized carbons (Fsp3) is 0.318. The first kappa shape index (κ1) is 18.2. The highest BCUT2D eigenvalue weighted by Gasteiger charge is 2.28. The lowest BCUT2D eigenvalue weighted by Crippen LogP contribution is -2.10. The van der Waals surface area contributed by atoms with Gasteiger partial charge >= 0.3 is 5.97 Å². The van der Waals surface area contributed by atoms with Crippen molar-refractivity contribution in [3.8, 4) is 17.1 Å². The molecule has 3 aromatic rings. The van der Waals surface area contributed by atoms with Crippen LogP contribution in [0.3, 0.4) is 0 Å². The maximum atomic E-state index is 10.8. The Kier molecular flexibility index (Phi) is 5.10. The van der Waals surface area contributed by atoms with Crippen molar-refractivity contribution in [2.75, 3.05) is 6.61 Å². The van der Waals surface area contributed by atoms with E-state index in [0.717, 1.165) is 30.4 Å². The molecule has 1 aliphatic rings. The van der Waals surface area contributed by atoms with Gasteiger partial charge in [-0.15, -0.1) is 0 Å². The zero-order valence-electron chi connectivity index (χ0n) is 15.7. The van der Waals surface area contributed by atoms with Crippen molar-refractivity contribution in [1.82, 2.24) is 10.1 Å². The molecule has 1 aliphatic carbocycles. The largest absolute Gasteiger partial charge is 0.482 e. The lowest BCUT2D eigenvalue weighted by atomic mass is 9.93. The van der Waals surface area contributed by atoms with Crippen molar-refractivity contribution in [1.29, 1.82) is 0 Å². The number of hydrogen-bond donors (Lipinski definition) is 1. The van der Waals surface area contributed by atoms with Gasteiger partial charge in [-0.3, -0.25) is 0 Å². The number of carboxylic acids is 1. The summed E-state index contributed by atoms with van der Waals surface area (Å²) in [6, 6.07) is 15.6. The highest BCUT2D eigenvalue weighted by atomic mass is 16.5. The van der Waals surface area contributed by atoms with E-state index in [4.69, 9.17) is 14.4 Å². The lowest BCUT2D eigenvalue weighted by Gasteiger charge is -2.13. The van der Waals surface area contributed by atoms with Crippen LogP contribution in [0.5, 0.6) is 5.75 Å². The molecule has 0 aliphatic heterocycles. The molecule has 2 atom stereocenters. The molecular formula is C22H22N2O4. The third kappa shape index (κ3) is 3.91. The minimum atomic E-state index is -0.966. The molecule has 0 bridgehead atoms. The van der Waals surface area contributed by atoms with E-state index < -0.39 is 5.97 Å². The average molecular weight is 378 g/mol. The summed E-state index contributed by atoms with van der Waals surface area (Å²) in [4.78, 5) is 15.4. The molecule has 144 valence electrons. The minimum Gasteiger partial charge on any atom is -0.482 e. The van der Waals surface area contributed by atoms with Crippen LogP contribution in [0, 0.1) is 5.92 Å². The van der Waals surface area contributed by atoms with Gasteiger partial charge in [0, 0.05) is 11.5 Å². The van der Waals surface area contributed by atoms with Gasteiger partial charge in [0.1, 0.15) is 5.75 Å². The molecule has 1 N–H and O–H groups in total. The summed E-state index contributed by atoms with van der Waals surface area (Å²) in [6.07, 6.45) is 2.74. The van der Waals surface area contributed by atoms with Gasteiger partial charge in [-0.05, 0) is 42.4 Å². The number of hydrogen-bond acceptors (Lipinski definition) is 5. The van der Waals surface area contributed by atoms with Crippen LogP contribution in [-0.4, -0.2) is 27.8 Å². The first-order chi connectivity index (χ1) is 13.6. The van der Waals surface area contributed by atoms with Crippen LogP contribution in [0.2, 0.25) is 0 Å². The van der Waals surface area contributed by atoms with Crippen LogP contribution >= 0.6 is 0 Å². The lowest BCUT2D eigenvalue weighted by molar-refractivity contribution is -0.139. The second kappa shape index (κ2) is 7.84. The zero-order valence-corrected chi connectivity index (χ0v) is 15.7. The summed E-state index contributed by atoms with van der Waals surface area (Å²) < 4.78 is 11.0. The topological polar surface area (TPSA) is 85.5 Å². The zero-order chi connectivity index (χ0) is 19.5. The Bertz CT molecular complexity index is 968. The predicted molar refractivity (Wildman–Crippen MR) is 103 cm³/mol. The van der Waals surface area contributed by atoms with Crippen LogP contribution in [0.1, 0.15) is 36.3 Å². The second-order valence-corrected chi connectivity index (χ2v) is 7.31. The van der Waals surface area contributed by atoms with Gasteiger partial charge in [0.25, 0.3) is 0 Å². The third-order valence-corrected chi connectivity index (χ3v) is 5.16. The first-order valence-corrected chi connectivity index (χ1v) is 9.44. The van der Waals surface area contributed by atoms with Crippen molar-refractivity contribution < 1.29 is 19.2 Å². The quantitative estimate of drug-likeness (QED) is 0.666. The minimum absolute atomic E-state index is 0.146. The van der Waals surface area contributed by atoms with Gasteiger partial charge in [0.15, 0.2) is 6.61 Å². The van der Waals surface area contributed by atoms with Gasteiger partial charge in [-0.1, -0.05) is 54.5 Å². The molecule has 2 unspecified atom stereocenters. The Morgan fingerprint density at radius 2 is 2.04 bits per heavy atom. The number of fused-ring (bicyclic) bond motifs is 1. The van der Waals surface area contributed by atoms with Crippen LogP contribution in [-0.2, 0) is 17.6 Å². The number of aliphatic carboxylic acids is 1. The number of ether oxygens (including phenoxy) is 1. The smallest absolute Gasteiger partial charge is 0.341 e. The van der Waals surface area contributed by atoms with Gasteiger partial charge in [0.2, 0.25) is 11.7 Å². The number of benzene rings is 2. The number of rotatable bonds is 7. The summed E-state index contributed by atoms with van der Waals surface area (Å²) in [7, 11) is 0. The fourth-order valence-electron chi connectivity index (χ4n) is 3.89. The van der Waals surface area contributed by atoms with E-state index in [1.165, 1.54) is 5.56 Å². The molecule has 0 saturated carbocycles. The molecule has 0 amide bonds. The molecule has 2 aromatic carbocycles. The number of carbonyl (C=O) groups is 1. The van der Waals surface area contributed by atoms with E-state index in [-0.39, 0.29) is 12.5 Å². The first-order valence-electron chi connectivity index (χ1n) is 9.44. The molecule has 1 heterocycles. The number of nitrogens with zero attached hydrogens (tertiary/aromatic N) is 2. The molecule has 6 heteroatoms. The van der Waals surface area contributed by atoms with E-state index >= 15 is 0 Å². The molecule has 1 aromatic heterocycles. The van der Waals surface area contributed by atoms with Gasteiger partial charge in [-0.2, -0.15) is 4.98 Å². The predicted octanol–water partition coefficient (Wildman–Crippen LogP) is 4.11. The highest BCUT2D eigenvalue weighted by molar-refractivity contribution is 5.68. The van der Waals surface area contributed by atoms with Crippen molar-refractivity contribution >= 4 is 5.97 Å². The molecule has 0 saturated heterocycles. The highest BCUT2D eigenvalue weighted by Crippen LogP contribution is 2.38. The van der Waals surface area contributed by atoms with E-state index in [1.807, 2.05) is 42.5 Å². The van der Waals surface area contributed by atoms with Gasteiger partial charge < -0.3 is 14.4 Å². The van der Waals surface area contributed by atoms with Crippen LogP contribution < -0.4 is 4.74 Å². The number of aromatic nitrogens is 2.